The molecule has 2 heterocycles. The van der Waals surface area contributed by atoms with Crippen molar-refractivity contribution in [2.45, 2.75) is 0 Å². The molecule has 0 saturated heterocycles. The minimum absolute atomic E-state index is 0.602. The lowest BCUT2D eigenvalue weighted by molar-refractivity contribution is 0.593. The third-order valence-electron chi connectivity index (χ3n) is 7.04. The van der Waals surface area contributed by atoms with Crippen molar-refractivity contribution in [1.82, 2.24) is 4.57 Å². The average Bonchev–Trinajstić information content (AvgIpc) is 3.40. The Morgan fingerprint density at radius 2 is 1.37 bits per heavy atom. The quantitative estimate of drug-likeness (QED) is 0.282. The van der Waals surface area contributed by atoms with Crippen LogP contribution in [0.3, 0.4) is 0 Å². The highest BCUT2D eigenvalue weighted by Crippen LogP contribution is 2.55. The van der Waals surface area contributed by atoms with Gasteiger partial charge < -0.3 is 9.13 Å². The van der Waals surface area contributed by atoms with Gasteiger partial charge in [0.25, 0.3) is 0 Å². The molecule has 5 aromatic carbocycles. The van der Waals surface area contributed by atoms with Crippen LogP contribution in [0.15, 0.2) is 115 Å². The summed E-state index contributed by atoms with van der Waals surface area (Å²) in [6.07, 6.45) is 0. The summed E-state index contributed by atoms with van der Waals surface area (Å²) < 4.78 is 17.5. The van der Waals surface area contributed by atoms with E-state index >= 15 is 4.57 Å². The summed E-state index contributed by atoms with van der Waals surface area (Å²) in [6.45, 7) is 0. The zero-order chi connectivity index (χ0) is 23.6. The molecule has 1 aliphatic heterocycles. The Kier molecular flexibility index (Phi) is 4.18. The molecule has 1 aromatic heterocycles. The van der Waals surface area contributed by atoms with E-state index in [-0.39, 0.29) is 0 Å². The van der Waals surface area contributed by atoms with E-state index in [0.717, 1.165) is 54.5 Å². The van der Waals surface area contributed by atoms with Crippen LogP contribution in [-0.4, -0.2) is 4.57 Å². The van der Waals surface area contributed by atoms with Crippen LogP contribution in [-0.2, 0) is 4.57 Å². The van der Waals surface area contributed by atoms with E-state index in [0.29, 0.717) is 5.56 Å². The number of nitriles is 1. The van der Waals surface area contributed by atoms with E-state index in [1.165, 1.54) is 0 Å². The predicted molar refractivity (Wildman–Crippen MR) is 144 cm³/mol. The van der Waals surface area contributed by atoms with Gasteiger partial charge in [0, 0.05) is 26.7 Å². The lowest BCUT2D eigenvalue weighted by Gasteiger charge is -2.17. The van der Waals surface area contributed by atoms with Gasteiger partial charge in [-0.05, 0) is 35.4 Å². The maximum Gasteiger partial charge on any atom is 0.172 e. The fourth-order valence-corrected chi connectivity index (χ4v) is 8.90. The van der Waals surface area contributed by atoms with E-state index in [1.54, 1.807) is 0 Å². The third kappa shape index (κ3) is 2.58. The van der Waals surface area contributed by atoms with Crippen LogP contribution in [0.4, 0.5) is 0 Å². The third-order valence-corrected chi connectivity index (χ3v) is 10.2. The molecule has 0 aliphatic carbocycles. The van der Waals surface area contributed by atoms with Gasteiger partial charge in [0.15, 0.2) is 7.14 Å². The molecule has 0 bridgehead atoms. The summed E-state index contributed by atoms with van der Waals surface area (Å²) in [7, 11) is -3.13. The standard InChI is InChI=1S/C31H19N2OP/c32-20-21-10-4-7-15-26(21)33-27-16-8-5-14-25(27)30-28(33)19-18-24-23-13-6-9-17-29(23)35(34,31(24)30)22-11-2-1-3-12-22/h1-19H. The molecule has 0 spiro atoms. The van der Waals surface area contributed by atoms with Crippen molar-refractivity contribution in [3.8, 4) is 22.9 Å². The predicted octanol–water partition coefficient (Wildman–Crippen LogP) is 6.28. The largest absolute Gasteiger partial charge is 0.309 e. The molecule has 4 heteroatoms. The number of rotatable bonds is 2. The van der Waals surface area contributed by atoms with Crippen LogP contribution in [0.2, 0.25) is 0 Å². The van der Waals surface area contributed by atoms with E-state index in [4.69, 9.17) is 0 Å². The van der Waals surface area contributed by atoms with Crippen molar-refractivity contribution in [1.29, 1.82) is 5.26 Å². The van der Waals surface area contributed by atoms with Crippen molar-refractivity contribution in [2.75, 3.05) is 0 Å². The molecule has 0 amide bonds. The van der Waals surface area contributed by atoms with Crippen LogP contribution < -0.4 is 15.9 Å². The smallest absolute Gasteiger partial charge is 0.172 e. The first-order valence-electron chi connectivity index (χ1n) is 11.6. The van der Waals surface area contributed by atoms with Gasteiger partial charge in [0.05, 0.1) is 22.3 Å². The molecule has 1 unspecified atom stereocenters. The molecule has 7 rings (SSSR count). The highest BCUT2D eigenvalue weighted by molar-refractivity contribution is 7.86. The molecule has 1 atom stereocenters. The SMILES string of the molecule is N#Cc1ccccc1-n1c2ccccc2c2c3c(ccc21)-c1ccccc1P3(=O)c1ccccc1. The van der Waals surface area contributed by atoms with Gasteiger partial charge in [0.1, 0.15) is 6.07 Å². The van der Waals surface area contributed by atoms with Gasteiger partial charge >= 0.3 is 0 Å². The number of para-hydroxylation sites is 2. The summed E-state index contributed by atoms with van der Waals surface area (Å²) in [4.78, 5) is 0. The molecular formula is C31H19N2OP. The Balaban J connectivity index is 1.71. The lowest BCUT2D eigenvalue weighted by atomic mass is 10.0. The fourth-order valence-electron chi connectivity index (χ4n) is 5.61. The van der Waals surface area contributed by atoms with Crippen LogP contribution in [0, 0.1) is 11.3 Å². The molecule has 0 saturated carbocycles. The summed E-state index contributed by atoms with van der Waals surface area (Å²) in [5.41, 5.74) is 5.43. The Bertz CT molecular complexity index is 1890. The molecular weight excluding hydrogens is 447 g/mol. The van der Waals surface area contributed by atoms with Crippen molar-refractivity contribution >= 4 is 44.9 Å². The highest BCUT2D eigenvalue weighted by atomic mass is 31.2. The first-order chi connectivity index (χ1) is 17.2. The van der Waals surface area contributed by atoms with Crippen LogP contribution in [0.25, 0.3) is 38.6 Å². The Hall–Kier alpha value is -4.38. The second-order valence-electron chi connectivity index (χ2n) is 8.80. The fraction of sp³-hybridized carbons (Fsp3) is 0. The van der Waals surface area contributed by atoms with Crippen molar-refractivity contribution in [3.63, 3.8) is 0 Å². The number of benzene rings is 5. The number of nitrogens with zero attached hydrogens (tertiary/aromatic N) is 2. The first kappa shape index (κ1) is 20.0. The van der Waals surface area contributed by atoms with Crippen molar-refractivity contribution in [2.24, 2.45) is 0 Å². The molecule has 6 aromatic rings. The number of fused-ring (bicyclic) bond motifs is 7. The van der Waals surface area contributed by atoms with Gasteiger partial charge in [-0.25, -0.2) is 0 Å². The summed E-state index contributed by atoms with van der Waals surface area (Å²) in [5.74, 6) is 0. The molecule has 0 fully saturated rings. The monoisotopic (exact) mass is 466 g/mol. The lowest BCUT2D eigenvalue weighted by Crippen LogP contribution is -2.21. The van der Waals surface area contributed by atoms with E-state index in [2.05, 4.69) is 41.0 Å². The maximum absolute atomic E-state index is 15.3. The van der Waals surface area contributed by atoms with Crippen molar-refractivity contribution < 1.29 is 4.57 Å². The highest BCUT2D eigenvalue weighted by Gasteiger charge is 2.42. The van der Waals surface area contributed by atoms with Gasteiger partial charge in [-0.3, -0.25) is 0 Å². The first-order valence-corrected chi connectivity index (χ1v) is 13.3. The Labute approximate surface area is 202 Å². The van der Waals surface area contributed by atoms with Gasteiger partial charge in [-0.1, -0.05) is 91.0 Å². The van der Waals surface area contributed by atoms with Gasteiger partial charge in [-0.15, -0.1) is 0 Å². The maximum atomic E-state index is 15.3. The summed E-state index contributed by atoms with van der Waals surface area (Å²) in [5, 5.41) is 14.5. The zero-order valence-corrected chi connectivity index (χ0v) is 19.6. The number of hydrogen-bond acceptors (Lipinski definition) is 2. The summed E-state index contributed by atoms with van der Waals surface area (Å²) >= 11 is 0. The van der Waals surface area contributed by atoms with E-state index in [1.807, 2.05) is 84.9 Å². The van der Waals surface area contributed by atoms with Gasteiger partial charge in [-0.2, -0.15) is 5.26 Å². The zero-order valence-electron chi connectivity index (χ0n) is 18.7. The van der Waals surface area contributed by atoms with Gasteiger partial charge in [0.2, 0.25) is 0 Å². The van der Waals surface area contributed by atoms with Crippen LogP contribution in [0.1, 0.15) is 5.56 Å². The number of hydrogen-bond donors (Lipinski definition) is 0. The molecule has 3 nitrogen and oxygen atoms in total. The minimum Gasteiger partial charge on any atom is -0.309 e. The normalized spacial score (nSPS) is 16.2. The molecule has 164 valence electrons. The number of aromatic nitrogens is 1. The molecule has 1 aliphatic rings. The molecule has 0 radical (unpaired) electrons. The van der Waals surface area contributed by atoms with Crippen LogP contribution >= 0.6 is 7.14 Å². The van der Waals surface area contributed by atoms with Crippen LogP contribution in [0.5, 0.6) is 0 Å². The van der Waals surface area contributed by atoms with E-state index in [9.17, 15) is 5.26 Å². The second-order valence-corrected chi connectivity index (χ2v) is 11.5. The molecule has 0 N–H and O–H groups in total. The molecule has 35 heavy (non-hydrogen) atoms. The summed E-state index contributed by atoms with van der Waals surface area (Å²) in [6, 6.07) is 40.3. The van der Waals surface area contributed by atoms with E-state index < -0.39 is 7.14 Å². The Morgan fingerprint density at radius 1 is 0.657 bits per heavy atom. The Morgan fingerprint density at radius 3 is 2.23 bits per heavy atom. The topological polar surface area (TPSA) is 45.8 Å². The second kappa shape index (κ2) is 7.31. The minimum atomic E-state index is -3.13. The average molecular weight is 466 g/mol. The van der Waals surface area contributed by atoms with Crippen molar-refractivity contribution in [3.05, 3.63) is 121 Å².